The molecule has 0 radical (unpaired) electrons. The predicted molar refractivity (Wildman–Crippen MR) is 77.1 cm³/mol. The summed E-state index contributed by atoms with van der Waals surface area (Å²) in [4.78, 5) is 23.1. The van der Waals surface area contributed by atoms with Crippen molar-refractivity contribution in [2.45, 2.75) is 38.6 Å². The summed E-state index contributed by atoms with van der Waals surface area (Å²) in [6.45, 7) is 3.63. The number of carbonyl (C=O) groups excluding carboxylic acids is 1. The molecule has 0 aliphatic carbocycles. The van der Waals surface area contributed by atoms with Crippen molar-refractivity contribution in [2.75, 3.05) is 0 Å². The Morgan fingerprint density at radius 1 is 1.35 bits per heavy atom. The largest absolute Gasteiger partial charge is 0.481 e. The lowest BCUT2D eigenvalue weighted by Gasteiger charge is -2.31. The van der Waals surface area contributed by atoms with Crippen LogP contribution in [0.4, 0.5) is 4.39 Å². The molecule has 1 aromatic rings. The molecule has 4 nitrogen and oxygen atoms in total. The fourth-order valence-electron chi connectivity index (χ4n) is 1.96. The topological polar surface area (TPSA) is 66.4 Å². The monoisotopic (exact) mass is 345 g/mol. The van der Waals surface area contributed by atoms with Crippen molar-refractivity contribution in [2.24, 2.45) is 0 Å². The first-order valence-corrected chi connectivity index (χ1v) is 7.12. The predicted octanol–water partition coefficient (Wildman–Crippen LogP) is 3.35. The van der Waals surface area contributed by atoms with E-state index in [-0.39, 0.29) is 16.5 Å². The summed E-state index contributed by atoms with van der Waals surface area (Å²) in [5.41, 5.74) is -0.644. The molecule has 0 spiro atoms. The Kier molecular flexibility index (Phi) is 5.68. The molecule has 0 aliphatic heterocycles. The summed E-state index contributed by atoms with van der Waals surface area (Å²) in [5, 5.41) is 11.7. The molecule has 0 aromatic heterocycles. The van der Waals surface area contributed by atoms with Gasteiger partial charge in [-0.05, 0) is 47.0 Å². The molecule has 1 amide bonds. The van der Waals surface area contributed by atoms with Crippen LogP contribution in [0.3, 0.4) is 0 Å². The number of halogens is 2. The lowest BCUT2D eigenvalue weighted by Crippen LogP contribution is -2.49. The van der Waals surface area contributed by atoms with Gasteiger partial charge in [-0.3, -0.25) is 9.59 Å². The maximum atomic E-state index is 13.4. The number of hydrogen-bond donors (Lipinski definition) is 2. The number of aliphatic carboxylic acids is 1. The van der Waals surface area contributed by atoms with Crippen LogP contribution in [-0.4, -0.2) is 22.5 Å². The van der Waals surface area contributed by atoms with Crippen molar-refractivity contribution in [1.82, 2.24) is 5.32 Å². The number of amides is 1. The lowest BCUT2D eigenvalue weighted by atomic mass is 9.88. The van der Waals surface area contributed by atoms with E-state index < -0.39 is 23.2 Å². The number of hydrogen-bond acceptors (Lipinski definition) is 2. The molecule has 2 N–H and O–H groups in total. The molecule has 1 rings (SSSR count). The van der Waals surface area contributed by atoms with Crippen LogP contribution in [0.25, 0.3) is 0 Å². The summed E-state index contributed by atoms with van der Waals surface area (Å²) >= 11 is 3.02. The van der Waals surface area contributed by atoms with Crippen LogP contribution < -0.4 is 5.32 Å². The molecule has 0 saturated carbocycles. The first kappa shape index (κ1) is 16.6. The van der Waals surface area contributed by atoms with Gasteiger partial charge in [0.1, 0.15) is 5.82 Å². The highest BCUT2D eigenvalue weighted by molar-refractivity contribution is 9.10. The van der Waals surface area contributed by atoms with E-state index in [4.69, 9.17) is 5.11 Å². The first-order chi connectivity index (χ1) is 9.33. The van der Waals surface area contributed by atoms with Gasteiger partial charge in [-0.1, -0.05) is 13.8 Å². The number of nitrogens with one attached hydrogen (secondary N) is 1. The summed E-state index contributed by atoms with van der Waals surface area (Å²) in [5.74, 6) is -1.98. The van der Waals surface area contributed by atoms with Gasteiger partial charge in [-0.25, -0.2) is 4.39 Å². The van der Waals surface area contributed by atoms with E-state index in [9.17, 15) is 14.0 Å². The second kappa shape index (κ2) is 6.83. The summed E-state index contributed by atoms with van der Waals surface area (Å²) in [6, 6.07) is 4.05. The lowest BCUT2D eigenvalue weighted by molar-refractivity contribution is -0.138. The van der Waals surface area contributed by atoms with E-state index in [0.717, 1.165) is 6.07 Å². The number of rotatable bonds is 6. The number of carboxylic acid groups (broad SMARTS) is 1. The smallest absolute Gasteiger partial charge is 0.305 e. The van der Waals surface area contributed by atoms with E-state index >= 15 is 0 Å². The van der Waals surface area contributed by atoms with Crippen LogP contribution in [0.15, 0.2) is 22.7 Å². The third-order valence-electron chi connectivity index (χ3n) is 3.40. The molecule has 0 atom stereocenters. The van der Waals surface area contributed by atoms with Crippen molar-refractivity contribution < 1.29 is 19.1 Å². The standard InChI is InChI=1S/C14H17BrFNO3/c1-3-14(4-2,8-12(18)19)17-13(20)9-5-6-10(15)11(16)7-9/h5-7H,3-4,8H2,1-2H3,(H,17,20)(H,18,19). The van der Waals surface area contributed by atoms with Crippen LogP contribution in [0.5, 0.6) is 0 Å². The Morgan fingerprint density at radius 2 is 1.95 bits per heavy atom. The van der Waals surface area contributed by atoms with Crippen LogP contribution in [0.1, 0.15) is 43.5 Å². The second-order valence-electron chi connectivity index (χ2n) is 4.64. The van der Waals surface area contributed by atoms with Gasteiger partial charge in [0.05, 0.1) is 16.4 Å². The molecule has 0 saturated heterocycles. The van der Waals surface area contributed by atoms with Gasteiger partial charge < -0.3 is 10.4 Å². The zero-order chi connectivity index (χ0) is 15.3. The molecular weight excluding hydrogens is 329 g/mol. The number of carbonyl (C=O) groups is 2. The van der Waals surface area contributed by atoms with Crippen molar-refractivity contribution in [1.29, 1.82) is 0 Å². The SMILES string of the molecule is CCC(CC)(CC(=O)O)NC(=O)c1ccc(Br)c(F)c1. The molecule has 20 heavy (non-hydrogen) atoms. The Labute approximate surface area is 125 Å². The van der Waals surface area contributed by atoms with Gasteiger partial charge in [0.15, 0.2) is 0 Å². The molecule has 0 aliphatic rings. The summed E-state index contributed by atoms with van der Waals surface area (Å²) in [7, 11) is 0. The van der Waals surface area contributed by atoms with Crippen LogP contribution in [-0.2, 0) is 4.79 Å². The molecular formula is C14H17BrFNO3. The number of benzene rings is 1. The van der Waals surface area contributed by atoms with E-state index in [0.29, 0.717) is 12.8 Å². The minimum Gasteiger partial charge on any atom is -0.481 e. The van der Waals surface area contributed by atoms with Gasteiger partial charge in [-0.15, -0.1) is 0 Å². The molecule has 0 unspecified atom stereocenters. The van der Waals surface area contributed by atoms with Crippen molar-refractivity contribution in [3.05, 3.63) is 34.1 Å². The Bertz CT molecular complexity index is 515. The minimum atomic E-state index is -0.976. The Balaban J connectivity index is 2.95. The molecule has 0 bridgehead atoms. The van der Waals surface area contributed by atoms with Crippen molar-refractivity contribution in [3.63, 3.8) is 0 Å². The van der Waals surface area contributed by atoms with Gasteiger partial charge in [0.25, 0.3) is 5.91 Å². The van der Waals surface area contributed by atoms with E-state index in [1.54, 1.807) is 0 Å². The van der Waals surface area contributed by atoms with Crippen molar-refractivity contribution >= 4 is 27.8 Å². The maximum absolute atomic E-state index is 13.4. The molecule has 0 heterocycles. The van der Waals surface area contributed by atoms with E-state index in [1.165, 1.54) is 12.1 Å². The fraction of sp³-hybridized carbons (Fsp3) is 0.429. The third kappa shape index (κ3) is 4.03. The van der Waals surface area contributed by atoms with Gasteiger partial charge in [0, 0.05) is 5.56 Å². The maximum Gasteiger partial charge on any atom is 0.305 e. The summed E-state index contributed by atoms with van der Waals surface area (Å²) in [6.07, 6.45) is 0.811. The van der Waals surface area contributed by atoms with Crippen LogP contribution in [0, 0.1) is 5.82 Å². The van der Waals surface area contributed by atoms with Gasteiger partial charge in [0.2, 0.25) is 0 Å². The molecule has 110 valence electrons. The first-order valence-electron chi connectivity index (χ1n) is 6.33. The van der Waals surface area contributed by atoms with Crippen molar-refractivity contribution in [3.8, 4) is 0 Å². The zero-order valence-electron chi connectivity index (χ0n) is 11.4. The Morgan fingerprint density at radius 3 is 2.40 bits per heavy atom. The van der Waals surface area contributed by atoms with Crippen LogP contribution in [0.2, 0.25) is 0 Å². The third-order valence-corrected chi connectivity index (χ3v) is 4.05. The normalized spacial score (nSPS) is 11.2. The van der Waals surface area contributed by atoms with E-state index in [2.05, 4.69) is 21.2 Å². The highest BCUT2D eigenvalue weighted by Gasteiger charge is 2.31. The molecule has 6 heteroatoms. The zero-order valence-corrected chi connectivity index (χ0v) is 13.0. The number of carboxylic acids is 1. The summed E-state index contributed by atoms with van der Waals surface area (Å²) < 4.78 is 13.7. The minimum absolute atomic E-state index is 0.162. The van der Waals surface area contributed by atoms with Gasteiger partial charge in [-0.2, -0.15) is 0 Å². The molecule has 0 fully saturated rings. The highest BCUT2D eigenvalue weighted by atomic mass is 79.9. The van der Waals surface area contributed by atoms with Gasteiger partial charge >= 0.3 is 5.97 Å². The molecule has 1 aromatic carbocycles. The fourth-order valence-corrected chi connectivity index (χ4v) is 2.21. The average Bonchev–Trinajstić information content (AvgIpc) is 2.40. The van der Waals surface area contributed by atoms with Crippen LogP contribution >= 0.6 is 15.9 Å². The van der Waals surface area contributed by atoms with E-state index in [1.807, 2.05) is 13.8 Å². The second-order valence-corrected chi connectivity index (χ2v) is 5.50. The quantitative estimate of drug-likeness (QED) is 0.830. The highest BCUT2D eigenvalue weighted by Crippen LogP contribution is 2.22. The average molecular weight is 346 g/mol. The Hall–Kier alpha value is -1.43.